The molecule has 0 bridgehead atoms. The number of para-hydroxylation sites is 1. The molecule has 1 heterocycles. The number of hydrogen-bond donors (Lipinski definition) is 2. The molecule has 1 aliphatic heterocycles. The molecule has 1 aliphatic rings. The van der Waals surface area contributed by atoms with Gasteiger partial charge in [-0.3, -0.25) is 14.5 Å². The predicted molar refractivity (Wildman–Crippen MR) is 98.7 cm³/mol. The number of rotatable bonds is 5. The molecule has 3 rings (SSSR count). The third-order valence-corrected chi connectivity index (χ3v) is 4.51. The number of halogens is 1. The Kier molecular flexibility index (Phi) is 5.75. The van der Waals surface area contributed by atoms with Gasteiger partial charge in [0.15, 0.2) is 5.78 Å². The van der Waals surface area contributed by atoms with Crippen LogP contribution >= 0.6 is 0 Å². The fourth-order valence-electron chi connectivity index (χ4n) is 3.25. The average Bonchev–Trinajstić information content (AvgIpc) is 2.62. The lowest BCUT2D eigenvalue weighted by Gasteiger charge is -2.36. The molecule has 0 aliphatic carbocycles. The van der Waals surface area contributed by atoms with Gasteiger partial charge in [-0.2, -0.15) is 0 Å². The molecule has 2 aromatic carbocycles. The van der Waals surface area contributed by atoms with Crippen LogP contribution in [0.3, 0.4) is 0 Å². The van der Waals surface area contributed by atoms with E-state index in [1.54, 1.807) is 30.3 Å². The highest BCUT2D eigenvalue weighted by atomic mass is 19.1. The lowest BCUT2D eigenvalue weighted by Crippen LogP contribution is -2.48. The van der Waals surface area contributed by atoms with Gasteiger partial charge < -0.3 is 10.6 Å². The third-order valence-electron chi connectivity index (χ3n) is 4.51. The van der Waals surface area contributed by atoms with Crippen LogP contribution in [0, 0.1) is 5.82 Å². The van der Waals surface area contributed by atoms with Gasteiger partial charge >= 0.3 is 0 Å². The van der Waals surface area contributed by atoms with Crippen LogP contribution in [0.25, 0.3) is 0 Å². The molecule has 0 aromatic heterocycles. The van der Waals surface area contributed by atoms with Gasteiger partial charge in [-0.15, -0.1) is 0 Å². The highest BCUT2D eigenvalue weighted by Crippen LogP contribution is 2.23. The first kappa shape index (κ1) is 18.2. The van der Waals surface area contributed by atoms with E-state index in [2.05, 4.69) is 10.6 Å². The summed E-state index contributed by atoms with van der Waals surface area (Å²) in [4.78, 5) is 26.3. The Hall–Kier alpha value is -2.57. The molecule has 1 atom stereocenters. The molecule has 0 radical (unpaired) electrons. The minimum Gasteiger partial charge on any atom is -0.324 e. The number of benzene rings is 2. The molecular formula is C20H22FN3O2. The first-order chi connectivity index (χ1) is 12.5. The first-order valence-electron chi connectivity index (χ1n) is 8.64. The topological polar surface area (TPSA) is 61.4 Å². The van der Waals surface area contributed by atoms with Crippen molar-refractivity contribution in [2.24, 2.45) is 0 Å². The minimum atomic E-state index is -0.284. The number of Topliss-reactive ketones (excluding diaryl/α,β-unsaturated/α-hetero) is 1. The van der Waals surface area contributed by atoms with E-state index in [-0.39, 0.29) is 30.1 Å². The van der Waals surface area contributed by atoms with Crippen molar-refractivity contribution in [3.63, 3.8) is 0 Å². The Balaban J connectivity index is 1.72. The number of carbonyl (C=O) groups excluding carboxylic acids is 2. The summed E-state index contributed by atoms with van der Waals surface area (Å²) in [5, 5.41) is 6.12. The smallest absolute Gasteiger partial charge is 0.238 e. The minimum absolute atomic E-state index is 0.0757. The highest BCUT2D eigenvalue weighted by molar-refractivity contribution is 6.04. The van der Waals surface area contributed by atoms with Gasteiger partial charge in [0, 0.05) is 31.2 Å². The fourth-order valence-corrected chi connectivity index (χ4v) is 3.25. The van der Waals surface area contributed by atoms with E-state index in [4.69, 9.17) is 0 Å². The van der Waals surface area contributed by atoms with Gasteiger partial charge in [-0.1, -0.05) is 24.3 Å². The number of amides is 1. The first-order valence-corrected chi connectivity index (χ1v) is 8.64. The molecule has 1 saturated heterocycles. The normalized spacial score (nSPS) is 17.7. The number of piperazine rings is 1. The van der Waals surface area contributed by atoms with Crippen molar-refractivity contribution in [1.82, 2.24) is 10.2 Å². The Morgan fingerprint density at radius 3 is 2.81 bits per heavy atom. The Bertz CT molecular complexity index is 809. The number of nitrogens with one attached hydrogen (secondary N) is 2. The standard InChI is InChI=1S/C20H22FN3O2/c1-14(25)17-7-2-3-8-18(17)23-20(26)13-24-10-9-22-12-19(24)15-5-4-6-16(21)11-15/h2-8,11,19,22H,9-10,12-13H2,1H3,(H,23,26). The Morgan fingerprint density at radius 2 is 2.04 bits per heavy atom. The van der Waals surface area contributed by atoms with Gasteiger partial charge in [0.05, 0.1) is 12.2 Å². The summed E-state index contributed by atoms with van der Waals surface area (Å²) in [5.41, 5.74) is 1.85. The van der Waals surface area contributed by atoms with Gasteiger partial charge in [0.1, 0.15) is 5.82 Å². The quantitative estimate of drug-likeness (QED) is 0.810. The van der Waals surface area contributed by atoms with Crippen LogP contribution in [-0.4, -0.2) is 42.8 Å². The van der Waals surface area contributed by atoms with E-state index in [9.17, 15) is 14.0 Å². The van der Waals surface area contributed by atoms with Crippen molar-refractivity contribution < 1.29 is 14.0 Å². The summed E-state index contributed by atoms with van der Waals surface area (Å²) in [7, 11) is 0. The van der Waals surface area contributed by atoms with Crippen LogP contribution in [0.5, 0.6) is 0 Å². The summed E-state index contributed by atoms with van der Waals surface area (Å²) < 4.78 is 13.6. The highest BCUT2D eigenvalue weighted by Gasteiger charge is 2.26. The summed E-state index contributed by atoms with van der Waals surface area (Å²) >= 11 is 0. The van der Waals surface area contributed by atoms with Crippen LogP contribution in [0.15, 0.2) is 48.5 Å². The number of carbonyl (C=O) groups is 2. The molecule has 2 aromatic rings. The maximum Gasteiger partial charge on any atom is 0.238 e. The second kappa shape index (κ2) is 8.21. The summed E-state index contributed by atoms with van der Waals surface area (Å²) in [5.74, 6) is -0.574. The van der Waals surface area contributed by atoms with Gasteiger partial charge in [0.25, 0.3) is 0 Å². The summed E-state index contributed by atoms with van der Waals surface area (Å²) in [6.45, 7) is 3.75. The van der Waals surface area contributed by atoms with Crippen molar-refractivity contribution in [2.75, 3.05) is 31.5 Å². The van der Waals surface area contributed by atoms with E-state index in [1.165, 1.54) is 19.1 Å². The number of anilines is 1. The summed E-state index contributed by atoms with van der Waals surface area (Å²) in [6.07, 6.45) is 0. The van der Waals surface area contributed by atoms with E-state index in [0.29, 0.717) is 24.3 Å². The van der Waals surface area contributed by atoms with Crippen LogP contribution < -0.4 is 10.6 Å². The van der Waals surface area contributed by atoms with Crippen LogP contribution in [-0.2, 0) is 4.79 Å². The van der Waals surface area contributed by atoms with Crippen LogP contribution in [0.2, 0.25) is 0 Å². The maximum atomic E-state index is 13.6. The number of nitrogens with zero attached hydrogens (tertiary/aromatic N) is 1. The maximum absolute atomic E-state index is 13.6. The SMILES string of the molecule is CC(=O)c1ccccc1NC(=O)CN1CCNCC1c1cccc(F)c1. The lowest BCUT2D eigenvalue weighted by atomic mass is 10.0. The molecule has 6 heteroatoms. The second-order valence-corrected chi connectivity index (χ2v) is 6.40. The molecule has 1 fully saturated rings. The van der Waals surface area contributed by atoms with Crippen LogP contribution in [0.4, 0.5) is 10.1 Å². The molecule has 1 unspecified atom stereocenters. The van der Waals surface area contributed by atoms with Gasteiger partial charge in [-0.05, 0) is 36.8 Å². The van der Waals surface area contributed by atoms with E-state index in [0.717, 1.165) is 12.1 Å². The molecule has 2 N–H and O–H groups in total. The van der Waals surface area contributed by atoms with Crippen molar-refractivity contribution in [3.8, 4) is 0 Å². The zero-order valence-electron chi connectivity index (χ0n) is 14.7. The van der Waals surface area contributed by atoms with Crippen LogP contribution in [0.1, 0.15) is 28.9 Å². The predicted octanol–water partition coefficient (Wildman–Crippen LogP) is 2.61. The summed E-state index contributed by atoms with van der Waals surface area (Å²) in [6, 6.07) is 13.4. The van der Waals surface area contributed by atoms with Gasteiger partial charge in [0.2, 0.25) is 5.91 Å². The van der Waals surface area contributed by atoms with Crippen molar-refractivity contribution in [3.05, 3.63) is 65.5 Å². The van der Waals surface area contributed by atoms with Crippen molar-refractivity contribution >= 4 is 17.4 Å². The van der Waals surface area contributed by atoms with Crippen molar-refractivity contribution in [1.29, 1.82) is 0 Å². The lowest BCUT2D eigenvalue weighted by molar-refractivity contribution is -0.118. The van der Waals surface area contributed by atoms with Crippen molar-refractivity contribution in [2.45, 2.75) is 13.0 Å². The number of ketones is 1. The molecule has 0 spiro atoms. The zero-order chi connectivity index (χ0) is 18.5. The van der Waals surface area contributed by atoms with E-state index < -0.39 is 0 Å². The van der Waals surface area contributed by atoms with E-state index in [1.807, 2.05) is 11.0 Å². The average molecular weight is 355 g/mol. The Morgan fingerprint density at radius 1 is 1.23 bits per heavy atom. The van der Waals surface area contributed by atoms with E-state index >= 15 is 0 Å². The fraction of sp³-hybridized carbons (Fsp3) is 0.300. The number of hydrogen-bond acceptors (Lipinski definition) is 4. The Labute approximate surface area is 152 Å². The largest absolute Gasteiger partial charge is 0.324 e. The third kappa shape index (κ3) is 4.33. The molecule has 1 amide bonds. The zero-order valence-corrected chi connectivity index (χ0v) is 14.7. The molecule has 26 heavy (non-hydrogen) atoms. The molecule has 136 valence electrons. The molecular weight excluding hydrogens is 333 g/mol. The monoisotopic (exact) mass is 355 g/mol. The molecule has 0 saturated carbocycles. The second-order valence-electron chi connectivity index (χ2n) is 6.40. The molecule has 5 nitrogen and oxygen atoms in total. The van der Waals surface area contributed by atoms with Gasteiger partial charge in [-0.25, -0.2) is 4.39 Å².